The first-order valence-corrected chi connectivity index (χ1v) is 9.81. The molecule has 3 aromatic rings. The van der Waals surface area contributed by atoms with E-state index in [4.69, 9.17) is 0 Å². The molecule has 1 aliphatic rings. The number of hydrogen-bond acceptors (Lipinski definition) is 5. The van der Waals surface area contributed by atoms with E-state index in [-0.39, 0.29) is 23.7 Å². The number of halogens is 2. The van der Waals surface area contributed by atoms with Crippen LogP contribution in [0, 0.1) is 11.6 Å². The first-order chi connectivity index (χ1) is 14.0. The van der Waals surface area contributed by atoms with Crippen LogP contribution >= 0.6 is 0 Å². The Morgan fingerprint density at radius 1 is 0.897 bits per heavy atom. The van der Waals surface area contributed by atoms with Crippen LogP contribution in [-0.4, -0.2) is 51.3 Å². The van der Waals surface area contributed by atoms with Crippen LogP contribution in [0.25, 0.3) is 0 Å². The molecule has 2 aromatic carbocycles. The van der Waals surface area contributed by atoms with Gasteiger partial charge in [0, 0.05) is 26.2 Å². The van der Waals surface area contributed by atoms with E-state index in [1.807, 2.05) is 26.0 Å². The van der Waals surface area contributed by atoms with E-state index < -0.39 is 0 Å². The molecule has 6 nitrogen and oxygen atoms in total. The maximum Gasteiger partial charge on any atom is 0.173 e. The van der Waals surface area contributed by atoms with Crippen molar-refractivity contribution in [3.05, 3.63) is 71.6 Å². The second kappa shape index (κ2) is 8.24. The van der Waals surface area contributed by atoms with Gasteiger partial charge in [0.25, 0.3) is 0 Å². The van der Waals surface area contributed by atoms with Crippen molar-refractivity contribution in [2.24, 2.45) is 0 Å². The number of tetrazole rings is 1. The molecule has 0 aliphatic carbocycles. The van der Waals surface area contributed by atoms with E-state index in [2.05, 4.69) is 25.3 Å². The monoisotopic (exact) mass is 398 g/mol. The largest absolute Gasteiger partial charge is 0.367 e. The van der Waals surface area contributed by atoms with Crippen LogP contribution < -0.4 is 4.90 Å². The second-order valence-corrected chi connectivity index (χ2v) is 7.50. The lowest BCUT2D eigenvalue weighted by molar-refractivity contribution is 0.198. The Balaban J connectivity index is 1.62. The molecule has 0 bridgehead atoms. The molecule has 1 saturated heterocycles. The molecule has 0 N–H and O–H groups in total. The molecule has 1 unspecified atom stereocenters. The molecule has 4 rings (SSSR count). The summed E-state index contributed by atoms with van der Waals surface area (Å²) < 4.78 is 29.5. The Kier molecular flexibility index (Phi) is 5.53. The molecule has 152 valence electrons. The summed E-state index contributed by atoms with van der Waals surface area (Å²) in [6.45, 7) is 6.84. The van der Waals surface area contributed by atoms with Gasteiger partial charge < -0.3 is 4.90 Å². The molecule has 0 saturated carbocycles. The standard InChI is InChI=1S/C21H24F2N6/c1-15(2)29-21(24-25-26-29)20(16-7-9-17(22)10-8-16)28-13-11-27(12-14-28)19-6-4-3-5-18(19)23/h3-10,15,20H,11-14H2,1-2H3. The van der Waals surface area contributed by atoms with Crippen molar-refractivity contribution < 1.29 is 8.78 Å². The molecule has 0 amide bonds. The molecule has 0 radical (unpaired) electrons. The number of para-hydroxylation sites is 1. The van der Waals surface area contributed by atoms with Crippen molar-refractivity contribution in [3.63, 3.8) is 0 Å². The molecule has 2 heterocycles. The van der Waals surface area contributed by atoms with Gasteiger partial charge in [0.15, 0.2) is 5.82 Å². The summed E-state index contributed by atoms with van der Waals surface area (Å²) in [5.41, 5.74) is 1.56. The maximum atomic E-state index is 14.2. The van der Waals surface area contributed by atoms with Crippen LogP contribution in [0.2, 0.25) is 0 Å². The SMILES string of the molecule is CC(C)n1nnnc1C(c1ccc(F)cc1)N1CCN(c2ccccc2F)CC1. The third kappa shape index (κ3) is 3.98. The normalized spacial score (nSPS) is 16.4. The first-order valence-electron chi connectivity index (χ1n) is 9.81. The van der Waals surface area contributed by atoms with Gasteiger partial charge in [-0.25, -0.2) is 13.5 Å². The van der Waals surface area contributed by atoms with Crippen molar-refractivity contribution >= 4 is 5.69 Å². The zero-order chi connectivity index (χ0) is 20.4. The zero-order valence-corrected chi connectivity index (χ0v) is 16.5. The van der Waals surface area contributed by atoms with Crippen LogP contribution in [0.3, 0.4) is 0 Å². The van der Waals surface area contributed by atoms with E-state index in [1.54, 1.807) is 22.9 Å². The summed E-state index contributed by atoms with van der Waals surface area (Å²) in [7, 11) is 0. The van der Waals surface area contributed by atoms with Gasteiger partial charge in [-0.1, -0.05) is 24.3 Å². The highest BCUT2D eigenvalue weighted by molar-refractivity contribution is 5.48. The minimum atomic E-state index is -0.277. The Bertz CT molecular complexity index is 948. The van der Waals surface area contributed by atoms with Gasteiger partial charge in [0.2, 0.25) is 0 Å². The first kappa shape index (κ1) is 19.4. The van der Waals surface area contributed by atoms with Crippen molar-refractivity contribution in [2.45, 2.75) is 25.9 Å². The van der Waals surface area contributed by atoms with Crippen molar-refractivity contribution in [1.29, 1.82) is 0 Å². The number of anilines is 1. The molecular formula is C21H24F2N6. The number of piperazine rings is 1. The summed E-state index contributed by atoms with van der Waals surface area (Å²) in [4.78, 5) is 4.33. The Labute approximate surface area is 168 Å². The van der Waals surface area contributed by atoms with Gasteiger partial charge in [-0.2, -0.15) is 0 Å². The molecule has 1 fully saturated rings. The average molecular weight is 398 g/mol. The van der Waals surface area contributed by atoms with Crippen molar-refractivity contribution in [3.8, 4) is 0 Å². The summed E-state index contributed by atoms with van der Waals surface area (Å²) in [5.74, 6) is 0.242. The number of rotatable bonds is 5. The minimum Gasteiger partial charge on any atom is -0.367 e. The molecule has 0 spiro atoms. The molecule has 1 aromatic heterocycles. The topological polar surface area (TPSA) is 50.1 Å². The predicted octanol–water partition coefficient (Wildman–Crippen LogP) is 3.44. The average Bonchev–Trinajstić information content (AvgIpc) is 3.20. The van der Waals surface area contributed by atoms with E-state index in [0.29, 0.717) is 31.9 Å². The number of hydrogen-bond donors (Lipinski definition) is 0. The molecule has 1 atom stereocenters. The van der Waals surface area contributed by atoms with E-state index in [1.165, 1.54) is 18.2 Å². The summed E-state index contributed by atoms with van der Waals surface area (Å²) in [6, 6.07) is 13.2. The third-order valence-electron chi connectivity index (χ3n) is 5.31. The van der Waals surface area contributed by atoms with Gasteiger partial charge in [-0.3, -0.25) is 4.90 Å². The van der Waals surface area contributed by atoms with E-state index in [9.17, 15) is 8.78 Å². The lowest BCUT2D eigenvalue weighted by Crippen LogP contribution is -2.48. The van der Waals surface area contributed by atoms with Gasteiger partial charge >= 0.3 is 0 Å². The predicted molar refractivity (Wildman–Crippen MR) is 107 cm³/mol. The van der Waals surface area contributed by atoms with Gasteiger partial charge in [-0.05, 0) is 54.1 Å². The maximum absolute atomic E-state index is 14.2. The zero-order valence-electron chi connectivity index (χ0n) is 16.5. The molecular weight excluding hydrogens is 374 g/mol. The molecule has 29 heavy (non-hydrogen) atoms. The van der Waals surface area contributed by atoms with Gasteiger partial charge in [0.05, 0.1) is 17.8 Å². The number of aromatic nitrogens is 4. The Hall–Kier alpha value is -2.87. The Morgan fingerprint density at radius 2 is 1.59 bits per heavy atom. The van der Waals surface area contributed by atoms with Crippen molar-refractivity contribution in [1.82, 2.24) is 25.1 Å². The lowest BCUT2D eigenvalue weighted by atomic mass is 10.0. The van der Waals surface area contributed by atoms with Crippen molar-refractivity contribution in [2.75, 3.05) is 31.1 Å². The van der Waals surface area contributed by atoms with Crippen LogP contribution in [0.4, 0.5) is 14.5 Å². The smallest absolute Gasteiger partial charge is 0.173 e. The fourth-order valence-electron chi connectivity index (χ4n) is 3.85. The van der Waals surface area contributed by atoms with Gasteiger partial charge in [0.1, 0.15) is 11.6 Å². The van der Waals surface area contributed by atoms with Crippen LogP contribution in [0.15, 0.2) is 48.5 Å². The van der Waals surface area contributed by atoms with Crippen LogP contribution in [0.1, 0.15) is 37.3 Å². The number of benzene rings is 2. The van der Waals surface area contributed by atoms with E-state index in [0.717, 1.165) is 11.4 Å². The molecule has 1 aliphatic heterocycles. The highest BCUT2D eigenvalue weighted by atomic mass is 19.1. The second-order valence-electron chi connectivity index (χ2n) is 7.50. The molecule has 8 heteroatoms. The summed E-state index contributed by atoms with van der Waals surface area (Å²) in [6.07, 6.45) is 0. The summed E-state index contributed by atoms with van der Waals surface area (Å²) >= 11 is 0. The highest BCUT2D eigenvalue weighted by Gasteiger charge is 2.31. The quantitative estimate of drug-likeness (QED) is 0.659. The lowest BCUT2D eigenvalue weighted by Gasteiger charge is -2.40. The summed E-state index contributed by atoms with van der Waals surface area (Å²) in [5, 5.41) is 12.3. The third-order valence-corrected chi connectivity index (χ3v) is 5.31. The van der Waals surface area contributed by atoms with Gasteiger partial charge in [-0.15, -0.1) is 5.10 Å². The Morgan fingerprint density at radius 3 is 2.24 bits per heavy atom. The van der Waals surface area contributed by atoms with Crippen LogP contribution in [-0.2, 0) is 0 Å². The minimum absolute atomic E-state index is 0.0997. The van der Waals surface area contributed by atoms with Crippen LogP contribution in [0.5, 0.6) is 0 Å². The number of nitrogens with zero attached hydrogens (tertiary/aromatic N) is 6. The highest BCUT2D eigenvalue weighted by Crippen LogP contribution is 2.30. The fourth-order valence-corrected chi connectivity index (χ4v) is 3.85. The fraction of sp³-hybridized carbons (Fsp3) is 0.381. The van der Waals surface area contributed by atoms with E-state index >= 15 is 0 Å².